The fraction of sp³-hybridized carbons (Fsp3) is 0.778. The van der Waals surface area contributed by atoms with Gasteiger partial charge in [0.25, 0.3) is 0 Å². The van der Waals surface area contributed by atoms with Crippen LogP contribution in [0, 0.1) is 11.3 Å². The van der Waals surface area contributed by atoms with Crippen LogP contribution in [0.25, 0.3) is 0 Å². The van der Waals surface area contributed by atoms with Gasteiger partial charge in [0.1, 0.15) is 0 Å². The third-order valence-corrected chi connectivity index (χ3v) is 3.39. The van der Waals surface area contributed by atoms with E-state index in [2.05, 4.69) is 10.6 Å². The Morgan fingerprint density at radius 3 is 3.00 bits per heavy atom. The van der Waals surface area contributed by atoms with E-state index in [0.29, 0.717) is 19.6 Å². The predicted octanol–water partition coefficient (Wildman–Crippen LogP) is -0.606. The highest BCUT2D eigenvalue weighted by Gasteiger charge is 2.53. The molecular weight excluding hydrogens is 182 g/mol. The number of nitrogens with one attached hydrogen (secondary N) is 2. The first-order valence-electron chi connectivity index (χ1n) is 4.83. The monoisotopic (exact) mass is 197 g/mol. The van der Waals surface area contributed by atoms with Gasteiger partial charge in [0.05, 0.1) is 5.41 Å². The van der Waals surface area contributed by atoms with Crippen LogP contribution in [0.3, 0.4) is 0 Å². The lowest BCUT2D eigenvalue weighted by Crippen LogP contribution is -2.41. The topological polar surface area (TPSA) is 61.4 Å². The molecule has 0 aromatic carbocycles. The largest absolute Gasteiger partial charge is 0.355 e. The number of urea groups is 1. The van der Waals surface area contributed by atoms with E-state index in [1.807, 2.05) is 6.92 Å². The van der Waals surface area contributed by atoms with E-state index in [-0.39, 0.29) is 23.3 Å². The molecule has 2 heterocycles. The zero-order valence-electron chi connectivity index (χ0n) is 8.46. The van der Waals surface area contributed by atoms with Gasteiger partial charge in [0.2, 0.25) is 5.91 Å². The highest BCUT2D eigenvalue weighted by Crippen LogP contribution is 2.39. The maximum Gasteiger partial charge on any atom is 0.317 e. The molecule has 2 unspecified atom stereocenters. The van der Waals surface area contributed by atoms with E-state index in [1.54, 1.807) is 11.9 Å². The van der Waals surface area contributed by atoms with E-state index in [0.717, 1.165) is 0 Å². The molecule has 2 aliphatic rings. The average molecular weight is 197 g/mol. The summed E-state index contributed by atoms with van der Waals surface area (Å²) < 4.78 is 0. The first-order valence-corrected chi connectivity index (χ1v) is 4.83. The molecule has 0 aromatic heterocycles. The lowest BCUT2D eigenvalue weighted by Gasteiger charge is -2.20. The number of nitrogens with zero attached hydrogens (tertiary/aromatic N) is 1. The number of rotatable bonds is 0. The maximum atomic E-state index is 11.6. The van der Waals surface area contributed by atoms with Crippen molar-refractivity contribution >= 4 is 11.9 Å². The second-order valence-electron chi connectivity index (χ2n) is 4.26. The van der Waals surface area contributed by atoms with Crippen molar-refractivity contribution in [2.75, 3.05) is 26.7 Å². The molecule has 0 aliphatic carbocycles. The second kappa shape index (κ2) is 2.87. The van der Waals surface area contributed by atoms with Crippen molar-refractivity contribution in [3.05, 3.63) is 0 Å². The van der Waals surface area contributed by atoms with Crippen LogP contribution in [0.1, 0.15) is 6.92 Å². The molecule has 3 amide bonds. The number of likely N-dealkylation sites (tertiary alicyclic amines) is 1. The first-order chi connectivity index (χ1) is 6.58. The van der Waals surface area contributed by atoms with Crippen molar-refractivity contribution in [2.24, 2.45) is 11.3 Å². The fourth-order valence-corrected chi connectivity index (χ4v) is 2.34. The molecule has 2 saturated heterocycles. The third kappa shape index (κ3) is 1.08. The van der Waals surface area contributed by atoms with Gasteiger partial charge in [-0.3, -0.25) is 4.79 Å². The van der Waals surface area contributed by atoms with E-state index >= 15 is 0 Å². The summed E-state index contributed by atoms with van der Waals surface area (Å²) in [5, 5.41) is 5.43. The Bertz CT molecular complexity index is 292. The normalized spacial score (nSPS) is 35.4. The van der Waals surface area contributed by atoms with Crippen molar-refractivity contribution in [2.45, 2.75) is 6.92 Å². The van der Waals surface area contributed by atoms with Gasteiger partial charge in [-0.1, -0.05) is 0 Å². The Labute approximate surface area is 82.8 Å². The molecule has 2 rings (SSSR count). The standard InChI is InChI=1S/C9H15N3O2/c1-9-5-12(8(14)10-2)4-6(9)3-11-7(9)13/h6H,3-5H2,1-2H3,(H,10,14)(H,11,13). The zero-order valence-corrected chi connectivity index (χ0v) is 8.46. The van der Waals surface area contributed by atoms with Crippen LogP contribution >= 0.6 is 0 Å². The second-order valence-corrected chi connectivity index (χ2v) is 4.26. The van der Waals surface area contributed by atoms with Crippen LogP contribution in [-0.2, 0) is 4.79 Å². The fourth-order valence-electron chi connectivity index (χ4n) is 2.34. The molecule has 0 bridgehead atoms. The molecule has 0 saturated carbocycles. The average Bonchev–Trinajstić information content (AvgIpc) is 2.63. The molecular formula is C9H15N3O2. The summed E-state index contributed by atoms with van der Waals surface area (Å²) in [6.07, 6.45) is 0. The quantitative estimate of drug-likeness (QED) is 0.544. The van der Waals surface area contributed by atoms with Crippen LogP contribution in [0.2, 0.25) is 0 Å². The minimum absolute atomic E-state index is 0.0777. The van der Waals surface area contributed by atoms with E-state index < -0.39 is 0 Å². The van der Waals surface area contributed by atoms with Crippen LogP contribution in [-0.4, -0.2) is 43.5 Å². The van der Waals surface area contributed by atoms with Gasteiger partial charge in [-0.05, 0) is 6.92 Å². The van der Waals surface area contributed by atoms with Crippen molar-refractivity contribution in [1.82, 2.24) is 15.5 Å². The number of carbonyl (C=O) groups excluding carboxylic acids is 2. The SMILES string of the molecule is CNC(=O)N1CC2CNC(=O)C2(C)C1. The zero-order chi connectivity index (χ0) is 10.3. The lowest BCUT2D eigenvalue weighted by molar-refractivity contribution is -0.127. The summed E-state index contributed by atoms with van der Waals surface area (Å²) >= 11 is 0. The molecule has 14 heavy (non-hydrogen) atoms. The summed E-state index contributed by atoms with van der Waals surface area (Å²) in [6.45, 7) is 3.84. The van der Waals surface area contributed by atoms with Crippen molar-refractivity contribution in [3.63, 3.8) is 0 Å². The Hall–Kier alpha value is -1.26. The van der Waals surface area contributed by atoms with Crippen LogP contribution in [0.15, 0.2) is 0 Å². The van der Waals surface area contributed by atoms with Gasteiger partial charge in [-0.2, -0.15) is 0 Å². The number of amides is 3. The molecule has 5 heteroatoms. The summed E-state index contributed by atoms with van der Waals surface area (Å²) in [6, 6.07) is -0.0894. The minimum atomic E-state index is -0.369. The lowest BCUT2D eigenvalue weighted by atomic mass is 9.83. The van der Waals surface area contributed by atoms with Gasteiger partial charge in [-0.25, -0.2) is 4.79 Å². The van der Waals surface area contributed by atoms with Crippen molar-refractivity contribution in [3.8, 4) is 0 Å². The third-order valence-electron chi connectivity index (χ3n) is 3.39. The Morgan fingerprint density at radius 2 is 2.43 bits per heavy atom. The molecule has 2 atom stereocenters. The summed E-state index contributed by atoms with van der Waals surface area (Å²) in [4.78, 5) is 24.7. The van der Waals surface area contributed by atoms with Crippen molar-refractivity contribution < 1.29 is 9.59 Å². The summed E-state index contributed by atoms with van der Waals surface area (Å²) in [5.41, 5.74) is -0.369. The van der Waals surface area contributed by atoms with Gasteiger partial charge in [0, 0.05) is 32.6 Å². The predicted molar refractivity (Wildman–Crippen MR) is 50.6 cm³/mol. The number of fused-ring (bicyclic) bond motifs is 1. The smallest absolute Gasteiger partial charge is 0.317 e. The number of carbonyl (C=O) groups is 2. The number of hydrogen-bond donors (Lipinski definition) is 2. The number of hydrogen-bond acceptors (Lipinski definition) is 2. The van der Waals surface area contributed by atoms with Crippen LogP contribution < -0.4 is 10.6 Å². The molecule has 5 nitrogen and oxygen atoms in total. The van der Waals surface area contributed by atoms with Gasteiger partial charge in [0.15, 0.2) is 0 Å². The molecule has 0 aromatic rings. The van der Waals surface area contributed by atoms with Gasteiger partial charge < -0.3 is 15.5 Å². The first kappa shape index (κ1) is 9.30. The molecule has 0 spiro atoms. The van der Waals surface area contributed by atoms with E-state index in [1.165, 1.54) is 0 Å². The maximum absolute atomic E-state index is 11.6. The molecule has 2 N–H and O–H groups in total. The summed E-state index contributed by atoms with van der Waals surface area (Å²) in [5.74, 6) is 0.348. The van der Waals surface area contributed by atoms with E-state index in [4.69, 9.17) is 0 Å². The van der Waals surface area contributed by atoms with Crippen molar-refractivity contribution in [1.29, 1.82) is 0 Å². The van der Waals surface area contributed by atoms with Crippen LogP contribution in [0.4, 0.5) is 4.79 Å². The van der Waals surface area contributed by atoms with Gasteiger partial charge >= 0.3 is 6.03 Å². The Morgan fingerprint density at radius 1 is 1.71 bits per heavy atom. The highest BCUT2D eigenvalue weighted by molar-refractivity contribution is 5.87. The van der Waals surface area contributed by atoms with E-state index in [9.17, 15) is 9.59 Å². The Balaban J connectivity index is 2.14. The molecule has 2 aliphatic heterocycles. The highest BCUT2D eigenvalue weighted by atomic mass is 16.2. The van der Waals surface area contributed by atoms with Crippen LogP contribution in [0.5, 0.6) is 0 Å². The van der Waals surface area contributed by atoms with Gasteiger partial charge in [-0.15, -0.1) is 0 Å². The minimum Gasteiger partial charge on any atom is -0.355 e. The summed E-state index contributed by atoms with van der Waals surface area (Å²) in [7, 11) is 1.61. The molecule has 0 radical (unpaired) electrons. The Kier molecular flexibility index (Phi) is 1.90. The molecule has 2 fully saturated rings. The molecule has 78 valence electrons.